The highest BCUT2D eigenvalue weighted by molar-refractivity contribution is 7.46. The Morgan fingerprint density at radius 3 is 2.00 bits per heavy atom. The predicted molar refractivity (Wildman–Crippen MR) is 77.6 cm³/mol. The average molecular weight is 290 g/mol. The molecule has 112 valence electrons. The van der Waals surface area contributed by atoms with Crippen LogP contribution in [0.3, 0.4) is 0 Å². The molecule has 0 amide bonds. The van der Waals surface area contributed by atoms with Gasteiger partial charge >= 0.3 is 7.82 Å². The molecule has 5 heteroatoms. The number of unbranched alkanes of at least 4 members (excludes halogenated alkanes) is 8. The van der Waals surface area contributed by atoms with E-state index < -0.39 is 7.82 Å². The van der Waals surface area contributed by atoms with Crippen LogP contribution in [0.15, 0.2) is 0 Å². The van der Waals surface area contributed by atoms with E-state index in [1.807, 2.05) is 0 Å². The van der Waals surface area contributed by atoms with Crippen molar-refractivity contribution in [1.82, 2.24) is 0 Å². The Labute approximate surface area is 117 Å². The third-order valence-corrected chi connectivity index (χ3v) is 3.29. The topological polar surface area (TPSA) is 66.8 Å². The van der Waals surface area contributed by atoms with E-state index in [1.54, 1.807) is 0 Å². The number of hydrogen-bond acceptors (Lipinski definition) is 2. The molecule has 0 aromatic rings. The quantitative estimate of drug-likeness (QED) is 0.342. The molecule has 4 nitrogen and oxygen atoms in total. The van der Waals surface area contributed by atoms with Gasteiger partial charge in [-0.25, -0.2) is 4.57 Å². The van der Waals surface area contributed by atoms with Crippen LogP contribution in [0.2, 0.25) is 0 Å². The molecule has 0 fully saturated rings. The zero-order valence-electron chi connectivity index (χ0n) is 11.9. The van der Waals surface area contributed by atoms with Crippen LogP contribution in [0, 0.1) is 11.8 Å². The minimum Gasteiger partial charge on any atom is -0.303 e. The molecule has 0 aliphatic carbocycles. The molecule has 0 aliphatic heterocycles. The van der Waals surface area contributed by atoms with E-state index in [0.717, 1.165) is 12.8 Å². The lowest BCUT2D eigenvalue weighted by atomic mass is 10.1. The highest BCUT2D eigenvalue weighted by Gasteiger charge is 2.11. The zero-order chi connectivity index (χ0) is 14.4. The Kier molecular flexibility index (Phi) is 12.5. The van der Waals surface area contributed by atoms with Crippen molar-refractivity contribution in [2.45, 2.75) is 71.1 Å². The van der Waals surface area contributed by atoms with Crippen LogP contribution in [0.25, 0.3) is 0 Å². The number of rotatable bonds is 11. The molecule has 0 heterocycles. The maximum absolute atomic E-state index is 10.4. The van der Waals surface area contributed by atoms with Gasteiger partial charge in [-0.1, -0.05) is 51.9 Å². The van der Waals surface area contributed by atoms with E-state index in [9.17, 15) is 4.57 Å². The summed E-state index contributed by atoms with van der Waals surface area (Å²) >= 11 is 0. The van der Waals surface area contributed by atoms with Crippen molar-refractivity contribution in [1.29, 1.82) is 0 Å². The van der Waals surface area contributed by atoms with Gasteiger partial charge in [0.2, 0.25) is 0 Å². The summed E-state index contributed by atoms with van der Waals surface area (Å²) in [5, 5.41) is 0. The fourth-order valence-electron chi connectivity index (χ4n) is 1.74. The summed E-state index contributed by atoms with van der Waals surface area (Å²) in [7, 11) is -4.32. The Morgan fingerprint density at radius 2 is 1.42 bits per heavy atom. The van der Waals surface area contributed by atoms with Crippen LogP contribution in [-0.4, -0.2) is 16.4 Å². The molecule has 0 aromatic heterocycles. The van der Waals surface area contributed by atoms with E-state index in [0.29, 0.717) is 6.42 Å². The smallest absolute Gasteiger partial charge is 0.303 e. The Hall–Kier alpha value is -0.330. The molecule has 0 atom stereocenters. The van der Waals surface area contributed by atoms with E-state index >= 15 is 0 Å². The highest BCUT2D eigenvalue weighted by atomic mass is 31.2. The van der Waals surface area contributed by atoms with Gasteiger partial charge in [-0.15, -0.1) is 11.8 Å². The van der Waals surface area contributed by atoms with Crippen molar-refractivity contribution in [3.63, 3.8) is 0 Å². The SMILES string of the molecule is CCCCCCCCCCC#CCCOP(=O)(O)O. The second kappa shape index (κ2) is 12.7. The van der Waals surface area contributed by atoms with Gasteiger partial charge in [-0.05, 0) is 6.42 Å². The molecule has 2 N–H and O–H groups in total. The first-order valence-electron chi connectivity index (χ1n) is 7.22. The standard InChI is InChI=1S/C14H27O4P/c1-2-3-4-5-6-7-8-9-10-11-12-13-14-18-19(15,16)17/h2-10,13-14H2,1H3,(H2,15,16,17). The maximum atomic E-state index is 10.4. The number of hydrogen-bond donors (Lipinski definition) is 2. The van der Waals surface area contributed by atoms with Crippen LogP contribution in [0.5, 0.6) is 0 Å². The minimum atomic E-state index is -4.32. The van der Waals surface area contributed by atoms with E-state index in [2.05, 4.69) is 23.3 Å². The zero-order valence-corrected chi connectivity index (χ0v) is 12.8. The Bertz CT molecular complexity index is 300. The molecule has 0 saturated heterocycles. The third kappa shape index (κ3) is 17.7. The van der Waals surface area contributed by atoms with Gasteiger partial charge in [0.05, 0.1) is 6.61 Å². The molecule has 0 bridgehead atoms. The van der Waals surface area contributed by atoms with Gasteiger partial charge in [0.15, 0.2) is 0 Å². The molecule has 0 saturated carbocycles. The molecule has 0 aromatic carbocycles. The van der Waals surface area contributed by atoms with Crippen molar-refractivity contribution < 1.29 is 18.9 Å². The van der Waals surface area contributed by atoms with E-state index in [1.165, 1.54) is 44.9 Å². The van der Waals surface area contributed by atoms with Crippen molar-refractivity contribution >= 4 is 7.82 Å². The molecule has 0 radical (unpaired) electrons. The van der Waals surface area contributed by atoms with E-state index in [-0.39, 0.29) is 6.61 Å². The van der Waals surface area contributed by atoms with Gasteiger partial charge in [-0.2, -0.15) is 0 Å². The van der Waals surface area contributed by atoms with Crippen molar-refractivity contribution in [2.75, 3.05) is 6.61 Å². The van der Waals surface area contributed by atoms with Gasteiger partial charge in [0.1, 0.15) is 0 Å². The second-order valence-corrected chi connectivity index (χ2v) is 5.89. The fraction of sp³-hybridized carbons (Fsp3) is 0.857. The largest absolute Gasteiger partial charge is 0.469 e. The molecule has 0 unspecified atom stereocenters. The predicted octanol–water partition coefficient (Wildman–Crippen LogP) is 4.02. The summed E-state index contributed by atoms with van der Waals surface area (Å²) < 4.78 is 14.6. The van der Waals surface area contributed by atoms with Crippen LogP contribution in [0.1, 0.15) is 71.1 Å². The Morgan fingerprint density at radius 1 is 0.895 bits per heavy atom. The minimum absolute atomic E-state index is 0.00525. The van der Waals surface area contributed by atoms with Crippen molar-refractivity contribution in [3.05, 3.63) is 0 Å². The van der Waals surface area contributed by atoms with Crippen LogP contribution >= 0.6 is 7.82 Å². The number of phosphoric acid groups is 1. The van der Waals surface area contributed by atoms with Gasteiger partial charge < -0.3 is 9.79 Å². The average Bonchev–Trinajstić information content (AvgIpc) is 2.34. The fourth-order valence-corrected chi connectivity index (χ4v) is 2.07. The van der Waals surface area contributed by atoms with Crippen LogP contribution in [-0.2, 0) is 9.09 Å². The van der Waals surface area contributed by atoms with Crippen LogP contribution in [0.4, 0.5) is 0 Å². The molecule has 19 heavy (non-hydrogen) atoms. The first-order valence-corrected chi connectivity index (χ1v) is 8.75. The lowest BCUT2D eigenvalue weighted by Gasteiger charge is -2.01. The normalized spacial score (nSPS) is 11.1. The summed E-state index contributed by atoms with van der Waals surface area (Å²) in [5.41, 5.74) is 0. The molecule has 0 spiro atoms. The molecule has 0 aliphatic rings. The second-order valence-electron chi connectivity index (χ2n) is 4.65. The lowest BCUT2D eigenvalue weighted by Crippen LogP contribution is -1.90. The molecular formula is C14H27O4P. The first-order chi connectivity index (χ1) is 9.06. The van der Waals surface area contributed by atoms with Gasteiger partial charge in [0.25, 0.3) is 0 Å². The van der Waals surface area contributed by atoms with Crippen LogP contribution < -0.4 is 0 Å². The maximum Gasteiger partial charge on any atom is 0.469 e. The first kappa shape index (κ1) is 18.7. The highest BCUT2D eigenvalue weighted by Crippen LogP contribution is 2.35. The van der Waals surface area contributed by atoms with Crippen molar-refractivity contribution in [3.8, 4) is 11.8 Å². The summed E-state index contributed by atoms with van der Waals surface area (Å²) in [4.78, 5) is 16.9. The van der Waals surface area contributed by atoms with E-state index in [4.69, 9.17) is 9.79 Å². The lowest BCUT2D eigenvalue weighted by molar-refractivity contribution is 0.201. The molecular weight excluding hydrogens is 263 g/mol. The molecule has 0 rings (SSSR count). The Balaban J connectivity index is 3.20. The summed E-state index contributed by atoms with van der Waals surface area (Å²) in [6.45, 7) is 2.22. The third-order valence-electron chi connectivity index (χ3n) is 2.77. The number of phosphoric ester groups is 1. The summed E-state index contributed by atoms with van der Waals surface area (Å²) in [6, 6.07) is 0. The van der Waals surface area contributed by atoms with Crippen molar-refractivity contribution in [2.24, 2.45) is 0 Å². The monoisotopic (exact) mass is 290 g/mol. The summed E-state index contributed by atoms with van der Waals surface area (Å²) in [5.74, 6) is 5.86. The van der Waals surface area contributed by atoms with Gasteiger partial charge in [0, 0.05) is 12.8 Å². The van der Waals surface area contributed by atoms with Gasteiger partial charge in [-0.3, -0.25) is 4.52 Å². The summed E-state index contributed by atoms with van der Waals surface area (Å²) in [6.07, 6.45) is 11.5.